The number of nitrogens with zero attached hydrogens (tertiary/aromatic N) is 2. The standard InChI is InChI=1S/C20H19F2N3O4/c1-25(10-12-3-6-14(7-4-12)29-20(21)22)11-17-23-16-9-13(19(27)28-2)5-8-15(16)18(26)24-17/h3-9,20H,10-11H2,1-2H3,(H,23,24,26). The fourth-order valence-corrected chi connectivity index (χ4v) is 2.91. The predicted octanol–water partition coefficient (Wildman–Crippen LogP) is 2.94. The first-order valence-corrected chi connectivity index (χ1v) is 8.69. The van der Waals surface area contributed by atoms with E-state index in [1.165, 1.54) is 37.4 Å². The SMILES string of the molecule is COC(=O)c1ccc2c(=O)[nH]c(CN(C)Cc3ccc(OC(F)F)cc3)nc2c1. The zero-order valence-electron chi connectivity index (χ0n) is 15.8. The first-order chi connectivity index (χ1) is 13.9. The van der Waals surface area contributed by atoms with Crippen LogP contribution < -0.4 is 10.3 Å². The van der Waals surface area contributed by atoms with Crippen molar-refractivity contribution in [3.8, 4) is 5.75 Å². The van der Waals surface area contributed by atoms with E-state index in [1.54, 1.807) is 12.1 Å². The fraction of sp³-hybridized carbons (Fsp3) is 0.250. The lowest BCUT2D eigenvalue weighted by atomic mass is 10.1. The average molecular weight is 403 g/mol. The van der Waals surface area contributed by atoms with E-state index >= 15 is 0 Å². The second-order valence-corrected chi connectivity index (χ2v) is 6.43. The summed E-state index contributed by atoms with van der Waals surface area (Å²) in [7, 11) is 3.11. The highest BCUT2D eigenvalue weighted by Gasteiger charge is 2.11. The quantitative estimate of drug-likeness (QED) is 0.611. The molecule has 3 aromatic rings. The van der Waals surface area contributed by atoms with Crippen molar-refractivity contribution in [3.05, 3.63) is 69.8 Å². The van der Waals surface area contributed by atoms with Crippen LogP contribution >= 0.6 is 0 Å². The molecule has 3 rings (SSSR count). The highest BCUT2D eigenvalue weighted by Crippen LogP contribution is 2.16. The molecular weight excluding hydrogens is 384 g/mol. The topological polar surface area (TPSA) is 84.5 Å². The van der Waals surface area contributed by atoms with Crippen molar-refractivity contribution < 1.29 is 23.0 Å². The third-order valence-corrected chi connectivity index (χ3v) is 4.20. The van der Waals surface area contributed by atoms with Crippen LogP contribution in [0.4, 0.5) is 8.78 Å². The maximum absolute atomic E-state index is 12.3. The van der Waals surface area contributed by atoms with E-state index in [2.05, 4.69) is 14.7 Å². The second kappa shape index (κ2) is 8.78. The summed E-state index contributed by atoms with van der Waals surface area (Å²) in [5.41, 5.74) is 1.28. The number of carbonyl (C=O) groups excluding carboxylic acids is 1. The zero-order chi connectivity index (χ0) is 21.0. The molecule has 0 radical (unpaired) electrons. The summed E-state index contributed by atoms with van der Waals surface area (Å²) in [6.07, 6.45) is 0. The Hall–Kier alpha value is -3.33. The van der Waals surface area contributed by atoms with Gasteiger partial charge in [0.15, 0.2) is 0 Å². The van der Waals surface area contributed by atoms with Gasteiger partial charge in [-0.25, -0.2) is 9.78 Å². The van der Waals surface area contributed by atoms with Crippen molar-refractivity contribution in [2.75, 3.05) is 14.2 Å². The molecule has 0 fully saturated rings. The first kappa shape index (κ1) is 20.4. The minimum atomic E-state index is -2.86. The van der Waals surface area contributed by atoms with E-state index in [9.17, 15) is 18.4 Å². The number of alkyl halides is 2. The van der Waals surface area contributed by atoms with E-state index in [4.69, 9.17) is 4.74 Å². The van der Waals surface area contributed by atoms with Crippen LogP contribution in [0.3, 0.4) is 0 Å². The van der Waals surface area contributed by atoms with Gasteiger partial charge in [0.2, 0.25) is 0 Å². The molecule has 0 aliphatic heterocycles. The number of carbonyl (C=O) groups is 1. The molecule has 0 bridgehead atoms. The molecule has 1 aromatic heterocycles. The Morgan fingerprint density at radius 3 is 2.55 bits per heavy atom. The van der Waals surface area contributed by atoms with Gasteiger partial charge in [0.1, 0.15) is 11.6 Å². The summed E-state index contributed by atoms with van der Waals surface area (Å²) in [4.78, 5) is 33.1. The van der Waals surface area contributed by atoms with Crippen LogP contribution in [-0.2, 0) is 17.8 Å². The zero-order valence-corrected chi connectivity index (χ0v) is 15.8. The number of benzene rings is 2. The van der Waals surface area contributed by atoms with Crippen molar-refractivity contribution >= 4 is 16.9 Å². The summed E-state index contributed by atoms with van der Waals surface area (Å²) in [5.74, 6) is 0.0185. The number of methoxy groups -OCH3 is 1. The molecule has 0 aliphatic rings. The molecule has 1 N–H and O–H groups in total. The minimum absolute atomic E-state index is 0.0911. The first-order valence-electron chi connectivity index (χ1n) is 8.69. The van der Waals surface area contributed by atoms with Crippen molar-refractivity contribution in [3.63, 3.8) is 0 Å². The molecule has 0 saturated carbocycles. The van der Waals surface area contributed by atoms with Gasteiger partial charge >= 0.3 is 12.6 Å². The normalized spacial score (nSPS) is 11.2. The average Bonchev–Trinajstić information content (AvgIpc) is 2.68. The number of aromatic amines is 1. The lowest BCUT2D eigenvalue weighted by molar-refractivity contribution is -0.0498. The molecular formula is C20H19F2N3O4. The van der Waals surface area contributed by atoms with Gasteiger partial charge in [-0.2, -0.15) is 8.78 Å². The third kappa shape index (κ3) is 5.14. The van der Waals surface area contributed by atoms with Crippen molar-refractivity contribution in [1.29, 1.82) is 0 Å². The Bertz CT molecular complexity index is 1070. The predicted molar refractivity (Wildman–Crippen MR) is 102 cm³/mol. The summed E-state index contributed by atoms with van der Waals surface area (Å²) >= 11 is 0. The molecule has 152 valence electrons. The van der Waals surface area contributed by atoms with Crippen LogP contribution in [0.25, 0.3) is 10.9 Å². The van der Waals surface area contributed by atoms with Crippen molar-refractivity contribution in [1.82, 2.24) is 14.9 Å². The number of fused-ring (bicyclic) bond motifs is 1. The van der Waals surface area contributed by atoms with Gasteiger partial charge in [0, 0.05) is 6.54 Å². The number of aromatic nitrogens is 2. The number of esters is 1. The Balaban J connectivity index is 1.74. The highest BCUT2D eigenvalue weighted by molar-refractivity contribution is 5.93. The summed E-state index contributed by atoms with van der Waals surface area (Å²) in [5, 5.41) is 0.374. The van der Waals surface area contributed by atoms with Gasteiger partial charge in [-0.1, -0.05) is 12.1 Å². The van der Waals surface area contributed by atoms with Crippen LogP contribution in [-0.4, -0.2) is 41.6 Å². The number of halogens is 2. The molecule has 0 amide bonds. The number of ether oxygens (including phenoxy) is 2. The second-order valence-electron chi connectivity index (χ2n) is 6.43. The lowest BCUT2D eigenvalue weighted by Gasteiger charge is -2.16. The van der Waals surface area contributed by atoms with E-state index in [1.807, 2.05) is 11.9 Å². The van der Waals surface area contributed by atoms with Crippen LogP contribution in [0, 0.1) is 0 Å². The smallest absolute Gasteiger partial charge is 0.387 e. The number of rotatable bonds is 7. The number of H-pyrrole nitrogens is 1. The number of hydrogen-bond donors (Lipinski definition) is 1. The fourth-order valence-electron chi connectivity index (χ4n) is 2.91. The maximum Gasteiger partial charge on any atom is 0.387 e. The molecule has 7 nitrogen and oxygen atoms in total. The van der Waals surface area contributed by atoms with E-state index in [-0.39, 0.29) is 11.3 Å². The summed E-state index contributed by atoms with van der Waals surface area (Å²) in [6.45, 7) is -2.03. The maximum atomic E-state index is 12.3. The number of nitrogens with one attached hydrogen (secondary N) is 1. The Kier molecular flexibility index (Phi) is 6.18. The van der Waals surface area contributed by atoms with Crippen molar-refractivity contribution in [2.45, 2.75) is 19.7 Å². The summed E-state index contributed by atoms with van der Waals surface area (Å²) < 4.78 is 33.5. The van der Waals surface area contributed by atoms with E-state index in [0.717, 1.165) is 5.56 Å². The van der Waals surface area contributed by atoms with Gasteiger partial charge < -0.3 is 14.5 Å². The molecule has 9 heteroatoms. The molecule has 0 unspecified atom stereocenters. The van der Waals surface area contributed by atoms with Gasteiger partial charge in [-0.05, 0) is 42.9 Å². The van der Waals surface area contributed by atoms with Crippen LogP contribution in [0.2, 0.25) is 0 Å². The van der Waals surface area contributed by atoms with Gasteiger partial charge in [-0.15, -0.1) is 0 Å². The van der Waals surface area contributed by atoms with E-state index in [0.29, 0.717) is 35.4 Å². The monoisotopic (exact) mass is 403 g/mol. The van der Waals surface area contributed by atoms with Gasteiger partial charge in [0.05, 0.1) is 30.1 Å². The molecule has 0 saturated heterocycles. The van der Waals surface area contributed by atoms with Crippen LogP contribution in [0.5, 0.6) is 5.75 Å². The van der Waals surface area contributed by atoms with Gasteiger partial charge in [-0.3, -0.25) is 9.69 Å². The van der Waals surface area contributed by atoms with Gasteiger partial charge in [0.25, 0.3) is 5.56 Å². The highest BCUT2D eigenvalue weighted by atomic mass is 19.3. The van der Waals surface area contributed by atoms with E-state index < -0.39 is 12.6 Å². The summed E-state index contributed by atoms with van der Waals surface area (Å²) in [6, 6.07) is 10.9. The molecule has 0 atom stereocenters. The minimum Gasteiger partial charge on any atom is -0.465 e. The Morgan fingerprint density at radius 2 is 1.90 bits per heavy atom. The molecule has 29 heavy (non-hydrogen) atoms. The van der Waals surface area contributed by atoms with Crippen LogP contribution in [0.15, 0.2) is 47.3 Å². The largest absolute Gasteiger partial charge is 0.465 e. The molecule has 0 spiro atoms. The number of hydrogen-bond acceptors (Lipinski definition) is 6. The lowest BCUT2D eigenvalue weighted by Crippen LogP contribution is -2.22. The molecule has 2 aromatic carbocycles. The Labute approximate surface area is 164 Å². The van der Waals surface area contributed by atoms with Crippen LogP contribution in [0.1, 0.15) is 21.7 Å². The Morgan fingerprint density at radius 1 is 1.17 bits per heavy atom. The third-order valence-electron chi connectivity index (χ3n) is 4.20. The molecule has 1 heterocycles. The molecule has 0 aliphatic carbocycles. The van der Waals surface area contributed by atoms with Crippen molar-refractivity contribution in [2.24, 2.45) is 0 Å².